The monoisotopic (exact) mass is 357 g/mol. The molecule has 6 nitrogen and oxygen atoms in total. The van der Waals surface area contributed by atoms with E-state index in [9.17, 15) is 0 Å². The molecule has 0 atom stereocenters. The number of aryl methyl sites for hydroxylation is 1. The molecule has 0 spiro atoms. The Morgan fingerprint density at radius 3 is 2.52 bits per heavy atom. The van der Waals surface area contributed by atoms with Gasteiger partial charge in [0.1, 0.15) is 11.6 Å². The van der Waals surface area contributed by atoms with Gasteiger partial charge in [0.25, 0.3) is 0 Å². The van der Waals surface area contributed by atoms with Gasteiger partial charge in [-0.3, -0.25) is 9.97 Å². The first-order valence-corrected chi connectivity index (χ1v) is 8.72. The van der Waals surface area contributed by atoms with Crippen LogP contribution in [0.2, 0.25) is 0 Å². The van der Waals surface area contributed by atoms with Crippen molar-refractivity contribution in [2.24, 2.45) is 0 Å². The highest BCUT2D eigenvalue weighted by molar-refractivity contribution is 5.87. The summed E-state index contributed by atoms with van der Waals surface area (Å²) in [5.41, 5.74) is 4.04. The smallest absolute Gasteiger partial charge is 0.132 e. The molecule has 0 aliphatic carbocycles. The molecule has 0 radical (unpaired) electrons. The van der Waals surface area contributed by atoms with Crippen molar-refractivity contribution in [3.63, 3.8) is 0 Å². The van der Waals surface area contributed by atoms with E-state index in [0.29, 0.717) is 18.1 Å². The summed E-state index contributed by atoms with van der Waals surface area (Å²) in [6.07, 6.45) is 9.60. The van der Waals surface area contributed by atoms with Crippen LogP contribution in [0.4, 0.5) is 11.6 Å². The molecule has 0 saturated heterocycles. The maximum atomic E-state index is 8.98. The van der Waals surface area contributed by atoms with Crippen molar-refractivity contribution in [1.29, 1.82) is 0 Å². The van der Waals surface area contributed by atoms with E-state index in [2.05, 4.69) is 32.2 Å². The lowest BCUT2D eigenvalue weighted by Gasteiger charge is -2.08. The third kappa shape index (κ3) is 3.75. The van der Waals surface area contributed by atoms with E-state index in [1.54, 1.807) is 18.6 Å². The molecule has 2 N–H and O–H groups in total. The number of hydrogen-bond donors (Lipinski definition) is 2. The number of rotatable bonds is 5. The van der Waals surface area contributed by atoms with E-state index in [-0.39, 0.29) is 6.61 Å². The van der Waals surface area contributed by atoms with E-state index in [1.807, 2.05) is 42.7 Å². The quantitative estimate of drug-likeness (QED) is 0.567. The van der Waals surface area contributed by atoms with E-state index in [1.165, 1.54) is 0 Å². The average molecular weight is 357 g/mol. The molecule has 4 heterocycles. The molecular weight excluding hydrogens is 338 g/mol. The molecule has 4 rings (SSSR count). The second-order valence-electron chi connectivity index (χ2n) is 6.33. The van der Waals surface area contributed by atoms with Gasteiger partial charge in [-0.1, -0.05) is 6.07 Å². The van der Waals surface area contributed by atoms with Crippen LogP contribution >= 0.6 is 0 Å². The van der Waals surface area contributed by atoms with Gasteiger partial charge < -0.3 is 10.4 Å². The van der Waals surface area contributed by atoms with Gasteiger partial charge in [0.15, 0.2) is 0 Å². The van der Waals surface area contributed by atoms with Gasteiger partial charge in [0.05, 0.1) is 5.69 Å². The minimum atomic E-state index is 0.119. The van der Waals surface area contributed by atoms with Gasteiger partial charge in [-0.05, 0) is 54.1 Å². The second-order valence-corrected chi connectivity index (χ2v) is 6.33. The first-order valence-electron chi connectivity index (χ1n) is 8.72. The molecule has 0 fully saturated rings. The fourth-order valence-corrected chi connectivity index (χ4v) is 2.89. The van der Waals surface area contributed by atoms with Crippen LogP contribution in [-0.4, -0.2) is 31.6 Å². The molecule has 27 heavy (non-hydrogen) atoms. The Bertz CT molecular complexity index is 1080. The molecule has 134 valence electrons. The molecule has 6 heteroatoms. The third-order valence-corrected chi connectivity index (χ3v) is 4.40. The number of anilines is 2. The highest BCUT2D eigenvalue weighted by atomic mass is 16.2. The molecule has 0 amide bonds. The number of hydrogen-bond acceptors (Lipinski definition) is 6. The van der Waals surface area contributed by atoms with Crippen LogP contribution in [0.1, 0.15) is 11.1 Å². The van der Waals surface area contributed by atoms with Crippen LogP contribution < -0.4 is 5.32 Å². The van der Waals surface area contributed by atoms with Gasteiger partial charge in [0, 0.05) is 48.5 Å². The predicted molar refractivity (Wildman–Crippen MR) is 106 cm³/mol. The molecular formula is C21H19N5O. The Morgan fingerprint density at radius 1 is 0.889 bits per heavy atom. The van der Waals surface area contributed by atoms with Crippen molar-refractivity contribution in [2.75, 3.05) is 11.9 Å². The van der Waals surface area contributed by atoms with Crippen LogP contribution in [0.15, 0.2) is 61.3 Å². The molecule has 0 bridgehead atoms. The van der Waals surface area contributed by atoms with Crippen molar-refractivity contribution < 1.29 is 5.11 Å². The van der Waals surface area contributed by atoms with E-state index in [4.69, 9.17) is 5.11 Å². The van der Waals surface area contributed by atoms with Crippen LogP contribution in [0, 0.1) is 6.92 Å². The Hall–Kier alpha value is -3.38. The predicted octanol–water partition coefficient (Wildman–Crippen LogP) is 3.67. The van der Waals surface area contributed by atoms with Crippen molar-refractivity contribution in [1.82, 2.24) is 19.9 Å². The maximum Gasteiger partial charge on any atom is 0.132 e. The third-order valence-electron chi connectivity index (χ3n) is 4.40. The number of nitrogens with zero attached hydrogens (tertiary/aromatic N) is 4. The maximum absolute atomic E-state index is 8.98. The molecule has 4 aromatic heterocycles. The van der Waals surface area contributed by atoms with Gasteiger partial charge in [-0.2, -0.15) is 0 Å². The molecule has 0 saturated carbocycles. The van der Waals surface area contributed by atoms with Crippen molar-refractivity contribution in [2.45, 2.75) is 13.3 Å². The molecule has 4 aromatic rings. The normalized spacial score (nSPS) is 10.9. The van der Waals surface area contributed by atoms with E-state index in [0.717, 1.165) is 33.2 Å². The zero-order chi connectivity index (χ0) is 18.6. The van der Waals surface area contributed by atoms with Gasteiger partial charge in [-0.15, -0.1) is 0 Å². The lowest BCUT2D eigenvalue weighted by Crippen LogP contribution is -1.98. The average Bonchev–Trinajstić information content (AvgIpc) is 2.69. The zero-order valence-electron chi connectivity index (χ0n) is 14.9. The fraction of sp³-hybridized carbons (Fsp3) is 0.143. The topological polar surface area (TPSA) is 83.8 Å². The molecule has 0 aromatic carbocycles. The highest BCUT2D eigenvalue weighted by Gasteiger charge is 2.06. The number of pyridine rings is 4. The highest BCUT2D eigenvalue weighted by Crippen LogP contribution is 2.25. The van der Waals surface area contributed by atoms with Crippen LogP contribution in [0.25, 0.3) is 22.0 Å². The Balaban J connectivity index is 1.64. The van der Waals surface area contributed by atoms with Crippen LogP contribution in [-0.2, 0) is 6.42 Å². The summed E-state index contributed by atoms with van der Waals surface area (Å²) in [6.45, 7) is 2.17. The van der Waals surface area contributed by atoms with E-state index >= 15 is 0 Å². The SMILES string of the molecule is Cc1ccncc1-c1cc2cc(Nc3ccc(CCO)cn3)ncc2cn1. The number of aliphatic hydroxyl groups excluding tert-OH is 1. The van der Waals surface area contributed by atoms with Crippen molar-refractivity contribution in [3.05, 3.63) is 72.4 Å². The summed E-state index contributed by atoms with van der Waals surface area (Å²) < 4.78 is 0. The number of fused-ring (bicyclic) bond motifs is 1. The van der Waals surface area contributed by atoms with E-state index < -0.39 is 0 Å². The number of aromatic nitrogens is 4. The van der Waals surface area contributed by atoms with Crippen LogP contribution in [0.5, 0.6) is 0 Å². The van der Waals surface area contributed by atoms with Gasteiger partial charge in [-0.25, -0.2) is 9.97 Å². The lowest BCUT2D eigenvalue weighted by atomic mass is 10.1. The first-order chi connectivity index (χ1) is 13.2. The largest absolute Gasteiger partial charge is 0.396 e. The second kappa shape index (κ2) is 7.47. The van der Waals surface area contributed by atoms with Crippen molar-refractivity contribution >= 4 is 22.4 Å². The van der Waals surface area contributed by atoms with Gasteiger partial charge >= 0.3 is 0 Å². The minimum Gasteiger partial charge on any atom is -0.396 e. The Morgan fingerprint density at radius 2 is 1.74 bits per heavy atom. The summed E-state index contributed by atoms with van der Waals surface area (Å²) in [5.74, 6) is 1.42. The number of nitrogens with one attached hydrogen (secondary N) is 1. The summed E-state index contributed by atoms with van der Waals surface area (Å²) >= 11 is 0. The Labute approximate surface area is 157 Å². The number of aliphatic hydroxyl groups is 1. The fourth-order valence-electron chi connectivity index (χ4n) is 2.89. The molecule has 0 aliphatic rings. The van der Waals surface area contributed by atoms with Gasteiger partial charge in [0.2, 0.25) is 0 Å². The zero-order valence-corrected chi connectivity index (χ0v) is 14.9. The standard InChI is InChI=1S/C21H19N5O/c1-14-4-6-22-13-18(14)19-8-16-9-21(25-12-17(16)11-23-19)26-20-3-2-15(5-7-27)10-24-20/h2-4,6,8-13,27H,5,7H2,1H3,(H,24,25,26). The summed E-state index contributed by atoms with van der Waals surface area (Å²) in [7, 11) is 0. The van der Waals surface area contributed by atoms with Crippen LogP contribution in [0.3, 0.4) is 0 Å². The van der Waals surface area contributed by atoms with Crippen molar-refractivity contribution in [3.8, 4) is 11.3 Å². The summed E-state index contributed by atoms with van der Waals surface area (Å²) in [5, 5.41) is 14.2. The first kappa shape index (κ1) is 17.1. The summed E-state index contributed by atoms with van der Waals surface area (Å²) in [4.78, 5) is 17.6. The lowest BCUT2D eigenvalue weighted by molar-refractivity contribution is 0.299. The molecule has 0 unspecified atom stereocenters. The molecule has 0 aliphatic heterocycles. The Kier molecular flexibility index (Phi) is 4.72. The minimum absolute atomic E-state index is 0.119. The summed E-state index contributed by atoms with van der Waals surface area (Å²) in [6, 6.07) is 9.83.